The molecular weight excluding hydrogens is 504 g/mol. The number of benzene rings is 2. The van der Waals surface area contributed by atoms with Crippen LogP contribution >= 0.6 is 22.9 Å². The minimum atomic E-state index is -4.01. The lowest BCUT2D eigenvalue weighted by atomic mass is 9.97. The number of carbonyl (C=O) groups excluding carboxylic acids is 1. The van der Waals surface area contributed by atoms with Crippen LogP contribution in [-0.4, -0.2) is 50.4 Å². The fourth-order valence-corrected chi connectivity index (χ4v) is 6.48. The van der Waals surface area contributed by atoms with Crippen LogP contribution in [0.3, 0.4) is 0 Å². The lowest BCUT2D eigenvalue weighted by Gasteiger charge is -2.31. The average molecular weight is 533 g/mol. The zero-order valence-electron chi connectivity index (χ0n) is 19.8. The largest absolute Gasteiger partial charge is 0.372 e. The molecule has 0 saturated carbocycles. The van der Waals surface area contributed by atoms with E-state index in [0.717, 1.165) is 42.2 Å². The Morgan fingerprint density at radius 3 is 2.40 bits per heavy atom. The van der Waals surface area contributed by atoms with Crippen LogP contribution in [0.2, 0.25) is 5.02 Å². The average Bonchev–Trinajstić information content (AvgIpc) is 3.35. The summed E-state index contributed by atoms with van der Waals surface area (Å²) < 4.78 is 23.5. The smallest absolute Gasteiger partial charge is 0.253 e. The summed E-state index contributed by atoms with van der Waals surface area (Å²) in [7, 11) is -4.01. The predicted octanol–water partition coefficient (Wildman–Crippen LogP) is 4.98. The van der Waals surface area contributed by atoms with E-state index in [9.17, 15) is 13.2 Å². The highest BCUT2D eigenvalue weighted by atomic mass is 35.5. The molecule has 2 heterocycles. The Labute approximate surface area is 215 Å². The number of thiazole rings is 1. The Morgan fingerprint density at radius 1 is 1.14 bits per heavy atom. The number of piperidine rings is 1. The molecule has 1 aliphatic rings. The van der Waals surface area contributed by atoms with Gasteiger partial charge < -0.3 is 9.80 Å². The topological polar surface area (TPSA) is 96.6 Å². The van der Waals surface area contributed by atoms with Gasteiger partial charge in [0.2, 0.25) is 10.0 Å². The van der Waals surface area contributed by atoms with E-state index in [1.165, 1.54) is 23.9 Å². The second-order valence-corrected chi connectivity index (χ2v) is 11.4. The highest BCUT2D eigenvalue weighted by molar-refractivity contribution is 7.89. The molecule has 0 aliphatic carbocycles. The Balaban J connectivity index is 1.40. The van der Waals surface area contributed by atoms with Crippen LogP contribution in [0.25, 0.3) is 11.3 Å². The van der Waals surface area contributed by atoms with Gasteiger partial charge in [-0.15, -0.1) is 11.3 Å². The van der Waals surface area contributed by atoms with Crippen LogP contribution < -0.4 is 10.0 Å². The van der Waals surface area contributed by atoms with Crippen LogP contribution in [0.1, 0.15) is 48.0 Å². The molecule has 1 amide bonds. The number of primary sulfonamides is 1. The number of hydrogen-bond acceptors (Lipinski definition) is 6. The van der Waals surface area contributed by atoms with Crippen molar-refractivity contribution in [2.75, 3.05) is 31.1 Å². The maximum absolute atomic E-state index is 13.0. The summed E-state index contributed by atoms with van der Waals surface area (Å²) >= 11 is 7.61. The van der Waals surface area contributed by atoms with Crippen LogP contribution in [0.4, 0.5) is 5.69 Å². The molecule has 0 atom stereocenters. The van der Waals surface area contributed by atoms with E-state index >= 15 is 0 Å². The van der Waals surface area contributed by atoms with E-state index in [4.69, 9.17) is 21.7 Å². The number of sulfonamides is 1. The number of amides is 1. The zero-order valence-corrected chi connectivity index (χ0v) is 22.2. The summed E-state index contributed by atoms with van der Waals surface area (Å²) in [6.07, 6.45) is 1.60. The van der Waals surface area contributed by atoms with Crippen molar-refractivity contribution in [1.29, 1.82) is 0 Å². The number of carbonyl (C=O) groups is 1. The number of hydrogen-bond donors (Lipinski definition) is 1. The molecular formula is C25H29ClN4O3S2. The Kier molecular flexibility index (Phi) is 7.80. The number of rotatable bonds is 7. The molecule has 1 aromatic heterocycles. The van der Waals surface area contributed by atoms with Crippen molar-refractivity contribution in [1.82, 2.24) is 9.88 Å². The summed E-state index contributed by atoms with van der Waals surface area (Å²) in [5.74, 6) is 0.0658. The van der Waals surface area contributed by atoms with Gasteiger partial charge in [-0.1, -0.05) is 23.7 Å². The monoisotopic (exact) mass is 532 g/mol. The van der Waals surface area contributed by atoms with Gasteiger partial charge >= 0.3 is 0 Å². The number of aromatic nitrogens is 1. The fourth-order valence-electron chi connectivity index (χ4n) is 4.41. The molecule has 0 spiro atoms. The van der Waals surface area contributed by atoms with E-state index in [2.05, 4.69) is 48.4 Å². The third-order valence-corrected chi connectivity index (χ3v) is 8.83. The molecule has 0 bridgehead atoms. The van der Waals surface area contributed by atoms with Crippen LogP contribution in [0, 0.1) is 0 Å². The molecule has 2 N–H and O–H groups in total. The minimum Gasteiger partial charge on any atom is -0.372 e. The molecule has 4 rings (SSSR count). The van der Waals surface area contributed by atoms with Gasteiger partial charge in [0, 0.05) is 54.3 Å². The first-order valence-electron chi connectivity index (χ1n) is 11.6. The van der Waals surface area contributed by atoms with Crippen molar-refractivity contribution in [2.24, 2.45) is 5.14 Å². The summed E-state index contributed by atoms with van der Waals surface area (Å²) in [6.45, 7) is 7.40. The van der Waals surface area contributed by atoms with Gasteiger partial charge in [0.15, 0.2) is 0 Å². The lowest BCUT2D eigenvalue weighted by Crippen LogP contribution is -2.38. The summed E-state index contributed by atoms with van der Waals surface area (Å²) in [6, 6.07) is 12.7. The maximum Gasteiger partial charge on any atom is 0.253 e. The lowest BCUT2D eigenvalue weighted by molar-refractivity contribution is 0.0712. The molecule has 186 valence electrons. The molecule has 10 heteroatoms. The fraction of sp³-hybridized carbons (Fsp3) is 0.360. The van der Waals surface area contributed by atoms with Gasteiger partial charge in [-0.2, -0.15) is 0 Å². The third-order valence-electron chi connectivity index (χ3n) is 6.43. The van der Waals surface area contributed by atoms with Crippen molar-refractivity contribution in [3.05, 3.63) is 63.4 Å². The highest BCUT2D eigenvalue weighted by Crippen LogP contribution is 2.34. The van der Waals surface area contributed by atoms with E-state index in [1.807, 2.05) is 0 Å². The first-order chi connectivity index (χ1) is 16.7. The van der Waals surface area contributed by atoms with Crippen LogP contribution in [0.5, 0.6) is 0 Å². The van der Waals surface area contributed by atoms with E-state index in [0.29, 0.717) is 13.1 Å². The van der Waals surface area contributed by atoms with E-state index < -0.39 is 10.0 Å². The Morgan fingerprint density at radius 2 is 1.80 bits per heavy atom. The molecule has 7 nitrogen and oxygen atoms in total. The van der Waals surface area contributed by atoms with Crippen molar-refractivity contribution >= 4 is 44.6 Å². The first-order valence-corrected chi connectivity index (χ1v) is 14.4. The molecule has 3 aromatic rings. The molecule has 35 heavy (non-hydrogen) atoms. The number of halogens is 1. The van der Waals surface area contributed by atoms with Crippen LogP contribution in [0.15, 0.2) is 52.7 Å². The SMILES string of the molecule is CCN(CC)c1ccc(-c2csc(C3CCN(C(=O)c4ccc(Cl)c(S(N)(=O)=O)c4)CC3)n2)cc1. The quantitative estimate of drug-likeness (QED) is 0.463. The van der Waals surface area contributed by atoms with Crippen molar-refractivity contribution in [3.63, 3.8) is 0 Å². The normalized spacial score (nSPS) is 14.8. The standard InChI is InChI=1S/C25H29ClN4O3S2/c1-3-29(4-2)20-8-5-17(6-9-20)22-16-34-24(28-22)18-11-13-30(14-12-18)25(31)19-7-10-21(26)23(15-19)35(27,32)33/h5-10,15-16,18H,3-4,11-14H2,1-2H3,(H2,27,32,33). The number of likely N-dealkylation sites (tertiary alicyclic amines) is 1. The highest BCUT2D eigenvalue weighted by Gasteiger charge is 2.27. The van der Waals surface area contributed by atoms with E-state index in [1.54, 1.807) is 16.2 Å². The Hall–Kier alpha value is -2.46. The zero-order chi connectivity index (χ0) is 25.2. The molecule has 2 aromatic carbocycles. The summed E-state index contributed by atoms with van der Waals surface area (Å²) in [5, 5.41) is 8.41. The molecule has 0 radical (unpaired) electrons. The van der Waals surface area contributed by atoms with E-state index in [-0.39, 0.29) is 27.3 Å². The molecule has 1 saturated heterocycles. The Bertz CT molecular complexity index is 1300. The van der Waals surface area contributed by atoms with Gasteiger partial charge in [0.1, 0.15) is 4.90 Å². The number of anilines is 1. The summed E-state index contributed by atoms with van der Waals surface area (Å²) in [4.78, 5) is 21.7. The predicted molar refractivity (Wildman–Crippen MR) is 142 cm³/mol. The molecule has 1 aliphatic heterocycles. The van der Waals surface area contributed by atoms with Gasteiger partial charge in [-0.3, -0.25) is 4.79 Å². The van der Waals surface area contributed by atoms with Gasteiger partial charge in [-0.25, -0.2) is 18.5 Å². The van der Waals surface area contributed by atoms with Gasteiger partial charge in [0.05, 0.1) is 15.7 Å². The molecule has 0 unspecified atom stereocenters. The number of nitrogens with zero attached hydrogens (tertiary/aromatic N) is 3. The number of nitrogens with two attached hydrogens (primary N) is 1. The van der Waals surface area contributed by atoms with Crippen molar-refractivity contribution < 1.29 is 13.2 Å². The molecule has 1 fully saturated rings. The van der Waals surface area contributed by atoms with Gasteiger partial charge in [0.25, 0.3) is 5.91 Å². The van der Waals surface area contributed by atoms with Crippen molar-refractivity contribution in [2.45, 2.75) is 37.5 Å². The summed E-state index contributed by atoms with van der Waals surface area (Å²) in [5.41, 5.74) is 3.56. The first kappa shape index (κ1) is 25.6. The van der Waals surface area contributed by atoms with Gasteiger partial charge in [-0.05, 0) is 57.0 Å². The van der Waals surface area contributed by atoms with Crippen LogP contribution in [-0.2, 0) is 10.0 Å². The second kappa shape index (κ2) is 10.7. The third kappa shape index (κ3) is 5.69. The maximum atomic E-state index is 13.0. The minimum absolute atomic E-state index is 0.00465. The second-order valence-electron chi connectivity index (χ2n) is 8.55. The van der Waals surface area contributed by atoms with Crippen molar-refractivity contribution in [3.8, 4) is 11.3 Å².